The zero-order chi connectivity index (χ0) is 19.6. The van der Waals surface area contributed by atoms with Gasteiger partial charge < -0.3 is 4.57 Å². The lowest BCUT2D eigenvalue weighted by Gasteiger charge is -2.13. The van der Waals surface area contributed by atoms with Crippen LogP contribution in [0.15, 0.2) is 69.8 Å². The Labute approximate surface area is 160 Å². The number of para-hydroxylation sites is 1. The molecule has 10 heteroatoms. The van der Waals surface area contributed by atoms with Gasteiger partial charge in [0.1, 0.15) is 0 Å². The normalized spacial score (nSPS) is 11.3. The molecule has 0 amide bonds. The van der Waals surface area contributed by atoms with Gasteiger partial charge in [-0.15, -0.1) is 0 Å². The lowest BCUT2D eigenvalue weighted by molar-refractivity contribution is -0.385. The Kier molecular flexibility index (Phi) is 5.19. The number of nitrogens with one attached hydrogen (secondary N) is 1. The van der Waals surface area contributed by atoms with E-state index in [-0.39, 0.29) is 16.1 Å². The maximum atomic E-state index is 12.9. The number of nitro benzene ring substituents is 1. The highest BCUT2D eigenvalue weighted by Crippen LogP contribution is 2.34. The van der Waals surface area contributed by atoms with Crippen molar-refractivity contribution in [1.29, 1.82) is 0 Å². The number of hydrogen-bond acceptors (Lipinski definition) is 6. The summed E-state index contributed by atoms with van der Waals surface area (Å²) in [6.45, 7) is 1.42. The molecule has 140 valence electrons. The van der Waals surface area contributed by atoms with E-state index in [0.717, 1.165) is 0 Å². The molecular weight excluding hydrogens is 388 g/mol. The molecule has 1 N–H and O–H groups in total. The molecule has 0 aliphatic heterocycles. The van der Waals surface area contributed by atoms with E-state index in [0.29, 0.717) is 15.7 Å². The smallest absolute Gasteiger partial charge is 0.273 e. The van der Waals surface area contributed by atoms with E-state index in [4.69, 9.17) is 0 Å². The zero-order valence-corrected chi connectivity index (χ0v) is 16.1. The molecule has 0 fully saturated rings. The largest absolute Gasteiger partial charge is 0.329 e. The minimum atomic E-state index is -4.01. The third kappa shape index (κ3) is 3.96. The summed E-state index contributed by atoms with van der Waals surface area (Å²) in [6.07, 6.45) is 3.45. The highest BCUT2D eigenvalue weighted by Gasteiger charge is 2.24. The maximum absolute atomic E-state index is 12.9. The molecule has 3 rings (SSSR count). The van der Waals surface area contributed by atoms with E-state index >= 15 is 0 Å². The first-order chi connectivity index (χ1) is 12.8. The summed E-state index contributed by atoms with van der Waals surface area (Å²) in [6, 6.07) is 10.9. The predicted molar refractivity (Wildman–Crippen MR) is 102 cm³/mol. The first-order valence-electron chi connectivity index (χ1n) is 7.80. The highest BCUT2D eigenvalue weighted by atomic mass is 32.2. The molecule has 0 bridgehead atoms. The van der Waals surface area contributed by atoms with Crippen molar-refractivity contribution in [3.8, 4) is 0 Å². The summed E-state index contributed by atoms with van der Waals surface area (Å²) in [4.78, 5) is 15.3. The molecule has 1 heterocycles. The maximum Gasteiger partial charge on any atom is 0.273 e. The SMILES string of the molecule is Cc1c([N+](=O)[O-])cccc1S(=O)(=O)Nc1ccccc1Sc1nccn1C. The van der Waals surface area contributed by atoms with Gasteiger partial charge >= 0.3 is 0 Å². The second-order valence-corrected chi connectivity index (χ2v) is 8.34. The first-order valence-corrected chi connectivity index (χ1v) is 10.1. The van der Waals surface area contributed by atoms with Gasteiger partial charge in [-0.3, -0.25) is 14.8 Å². The van der Waals surface area contributed by atoms with Crippen LogP contribution in [0.1, 0.15) is 5.56 Å². The molecule has 2 aromatic carbocycles. The molecule has 0 radical (unpaired) electrons. The molecule has 0 saturated carbocycles. The van der Waals surface area contributed by atoms with Crippen LogP contribution >= 0.6 is 11.8 Å². The molecule has 0 atom stereocenters. The standard InChI is InChI=1S/C17H16N4O4S2/c1-12-14(21(22)23)7-5-9-16(12)27(24,25)19-13-6-3-4-8-15(13)26-17-18-10-11-20(17)2/h3-11,19H,1-2H3. The predicted octanol–water partition coefficient (Wildman–Crippen LogP) is 3.59. The zero-order valence-electron chi connectivity index (χ0n) is 14.5. The molecule has 0 aliphatic carbocycles. The Hall–Kier alpha value is -2.85. The van der Waals surface area contributed by atoms with Crippen LogP contribution in [0.25, 0.3) is 0 Å². The number of anilines is 1. The van der Waals surface area contributed by atoms with Gasteiger partial charge in [-0.2, -0.15) is 0 Å². The van der Waals surface area contributed by atoms with Crippen LogP contribution in [0.4, 0.5) is 11.4 Å². The summed E-state index contributed by atoms with van der Waals surface area (Å²) in [5.74, 6) is 0. The highest BCUT2D eigenvalue weighted by molar-refractivity contribution is 7.99. The summed E-state index contributed by atoms with van der Waals surface area (Å²) >= 11 is 1.31. The topological polar surface area (TPSA) is 107 Å². The van der Waals surface area contributed by atoms with Gasteiger partial charge in [0.25, 0.3) is 15.7 Å². The fourth-order valence-electron chi connectivity index (χ4n) is 2.48. The monoisotopic (exact) mass is 404 g/mol. The number of nitrogens with zero attached hydrogens (tertiary/aromatic N) is 3. The van der Waals surface area contributed by atoms with E-state index in [1.807, 2.05) is 11.6 Å². The second-order valence-electron chi connectivity index (χ2n) is 5.68. The number of nitro groups is 1. The number of aryl methyl sites for hydroxylation is 1. The summed E-state index contributed by atoms with van der Waals surface area (Å²) in [7, 11) is -2.16. The van der Waals surface area contributed by atoms with Crippen LogP contribution in [0, 0.1) is 17.0 Å². The van der Waals surface area contributed by atoms with Crippen LogP contribution < -0.4 is 4.72 Å². The van der Waals surface area contributed by atoms with Crippen molar-refractivity contribution in [2.75, 3.05) is 4.72 Å². The molecule has 3 aromatic rings. The van der Waals surface area contributed by atoms with Gasteiger partial charge in [0.05, 0.1) is 15.5 Å². The van der Waals surface area contributed by atoms with Crippen molar-refractivity contribution in [3.05, 3.63) is 70.5 Å². The van der Waals surface area contributed by atoms with Crippen molar-refractivity contribution < 1.29 is 13.3 Å². The van der Waals surface area contributed by atoms with Crippen LogP contribution in [0.3, 0.4) is 0 Å². The molecule has 8 nitrogen and oxygen atoms in total. The number of hydrogen-bond donors (Lipinski definition) is 1. The Bertz CT molecular complexity index is 1110. The second kappa shape index (κ2) is 7.41. The van der Waals surface area contributed by atoms with Crippen LogP contribution in [0.2, 0.25) is 0 Å². The molecule has 0 aliphatic rings. The molecule has 0 spiro atoms. The van der Waals surface area contributed by atoms with E-state index in [2.05, 4.69) is 9.71 Å². The average molecular weight is 404 g/mol. The van der Waals surface area contributed by atoms with Crippen molar-refractivity contribution >= 4 is 33.2 Å². The quantitative estimate of drug-likeness (QED) is 0.497. The lowest BCUT2D eigenvalue weighted by Crippen LogP contribution is -2.15. The van der Waals surface area contributed by atoms with E-state index in [1.165, 1.54) is 36.9 Å². The minimum Gasteiger partial charge on any atom is -0.329 e. The van der Waals surface area contributed by atoms with Crippen LogP contribution in [-0.4, -0.2) is 22.9 Å². The molecule has 0 unspecified atom stereocenters. The van der Waals surface area contributed by atoms with Crippen molar-refractivity contribution in [1.82, 2.24) is 9.55 Å². The molecular formula is C17H16N4O4S2. The van der Waals surface area contributed by atoms with E-state index < -0.39 is 14.9 Å². The Balaban J connectivity index is 1.97. The van der Waals surface area contributed by atoms with E-state index in [9.17, 15) is 18.5 Å². The summed E-state index contributed by atoms with van der Waals surface area (Å²) in [5, 5.41) is 11.8. The molecule has 27 heavy (non-hydrogen) atoms. The number of sulfonamides is 1. The van der Waals surface area contributed by atoms with Crippen LogP contribution in [-0.2, 0) is 17.1 Å². The number of aromatic nitrogens is 2. The molecule has 0 saturated heterocycles. The van der Waals surface area contributed by atoms with Gasteiger partial charge in [0.2, 0.25) is 0 Å². The van der Waals surface area contributed by atoms with Gasteiger partial charge in [-0.05, 0) is 36.9 Å². The first kappa shape index (κ1) is 18.9. The van der Waals surface area contributed by atoms with Gasteiger partial charge in [0, 0.05) is 36.0 Å². The summed E-state index contributed by atoms with van der Waals surface area (Å²) in [5.41, 5.74) is 0.217. The van der Waals surface area contributed by atoms with Gasteiger partial charge in [-0.25, -0.2) is 13.4 Å². The van der Waals surface area contributed by atoms with Crippen molar-refractivity contribution in [2.45, 2.75) is 21.9 Å². The average Bonchev–Trinajstić information content (AvgIpc) is 3.01. The fraction of sp³-hybridized carbons (Fsp3) is 0.118. The summed E-state index contributed by atoms with van der Waals surface area (Å²) < 4.78 is 30.1. The van der Waals surface area contributed by atoms with Gasteiger partial charge in [-0.1, -0.05) is 18.2 Å². The van der Waals surface area contributed by atoms with Gasteiger partial charge in [0.15, 0.2) is 5.16 Å². The van der Waals surface area contributed by atoms with Crippen molar-refractivity contribution in [2.24, 2.45) is 7.05 Å². The van der Waals surface area contributed by atoms with Crippen LogP contribution in [0.5, 0.6) is 0 Å². The minimum absolute atomic E-state index is 0.0873. The molecule has 1 aromatic heterocycles. The fourth-order valence-corrected chi connectivity index (χ4v) is 4.78. The third-order valence-corrected chi connectivity index (χ3v) is 6.51. The number of rotatable bonds is 6. The Morgan fingerprint density at radius 2 is 1.93 bits per heavy atom. The number of benzene rings is 2. The Morgan fingerprint density at radius 3 is 2.59 bits per heavy atom. The Morgan fingerprint density at radius 1 is 1.19 bits per heavy atom. The van der Waals surface area contributed by atoms with E-state index in [1.54, 1.807) is 36.7 Å². The van der Waals surface area contributed by atoms with Crippen molar-refractivity contribution in [3.63, 3.8) is 0 Å². The third-order valence-electron chi connectivity index (χ3n) is 3.85. The lowest BCUT2D eigenvalue weighted by atomic mass is 10.2. The number of imidazole rings is 1.